The Labute approximate surface area is 156 Å². The Hall–Kier alpha value is -1.44. The lowest BCUT2D eigenvalue weighted by Crippen LogP contribution is -2.47. The molecule has 7 heteroatoms. The molecule has 0 bridgehead atoms. The lowest BCUT2D eigenvalue weighted by atomic mass is 10.1. The molecular weight excluding hydrogens is 350 g/mol. The molecule has 0 saturated carbocycles. The summed E-state index contributed by atoms with van der Waals surface area (Å²) < 4.78 is 27.7. The average molecular weight is 380 g/mol. The summed E-state index contributed by atoms with van der Waals surface area (Å²) in [5.74, 6) is -0.0540. The lowest BCUT2D eigenvalue weighted by Gasteiger charge is -2.32. The number of hydrogen-bond donors (Lipinski definition) is 0. The maximum Gasteiger partial charge on any atom is 0.253 e. The smallest absolute Gasteiger partial charge is 0.253 e. The van der Waals surface area contributed by atoms with Crippen LogP contribution in [0.25, 0.3) is 0 Å². The molecule has 3 rings (SSSR count). The van der Waals surface area contributed by atoms with Crippen molar-refractivity contribution >= 4 is 15.9 Å². The van der Waals surface area contributed by atoms with E-state index in [1.807, 2.05) is 11.9 Å². The third kappa shape index (κ3) is 4.10. The molecule has 2 aliphatic rings. The third-order valence-corrected chi connectivity index (χ3v) is 7.45. The van der Waals surface area contributed by atoms with Crippen molar-refractivity contribution in [1.29, 1.82) is 0 Å². The van der Waals surface area contributed by atoms with E-state index < -0.39 is 10.0 Å². The van der Waals surface area contributed by atoms with E-state index in [0.29, 0.717) is 24.2 Å². The number of benzene rings is 1. The third-order valence-electron chi connectivity index (χ3n) is 5.41. The van der Waals surface area contributed by atoms with Gasteiger partial charge in [-0.2, -0.15) is 4.31 Å². The first kappa shape index (κ1) is 19.3. The molecule has 2 aliphatic heterocycles. The van der Waals surface area contributed by atoms with Crippen molar-refractivity contribution < 1.29 is 13.2 Å². The number of sulfonamides is 1. The Balaban J connectivity index is 1.86. The van der Waals surface area contributed by atoms with Crippen LogP contribution in [0.1, 0.15) is 41.6 Å². The van der Waals surface area contributed by atoms with Gasteiger partial charge in [-0.1, -0.05) is 18.9 Å². The summed E-state index contributed by atoms with van der Waals surface area (Å²) in [5.41, 5.74) is 1.17. The minimum Gasteiger partial charge on any atom is -0.339 e. The molecule has 1 aromatic rings. The van der Waals surface area contributed by atoms with Crippen LogP contribution in [0.2, 0.25) is 0 Å². The summed E-state index contributed by atoms with van der Waals surface area (Å²) in [6.07, 6.45) is 4.34. The van der Waals surface area contributed by atoms with Gasteiger partial charge in [0.25, 0.3) is 5.91 Å². The minimum atomic E-state index is -3.57. The average Bonchev–Trinajstić information content (AvgIpc) is 2.91. The molecule has 0 N–H and O–H groups in total. The molecule has 144 valence electrons. The van der Waals surface area contributed by atoms with E-state index in [2.05, 4.69) is 4.90 Å². The number of nitrogens with zero attached hydrogens (tertiary/aromatic N) is 3. The van der Waals surface area contributed by atoms with Gasteiger partial charge in [-0.3, -0.25) is 4.79 Å². The Kier molecular flexibility index (Phi) is 5.99. The fourth-order valence-electron chi connectivity index (χ4n) is 3.63. The van der Waals surface area contributed by atoms with Crippen LogP contribution in [0.3, 0.4) is 0 Å². The highest BCUT2D eigenvalue weighted by molar-refractivity contribution is 7.89. The zero-order valence-electron chi connectivity index (χ0n) is 15.8. The summed E-state index contributed by atoms with van der Waals surface area (Å²) in [4.78, 5) is 17.1. The second kappa shape index (κ2) is 8.06. The quantitative estimate of drug-likeness (QED) is 0.805. The number of carbonyl (C=O) groups is 1. The molecule has 0 spiro atoms. The van der Waals surface area contributed by atoms with Crippen LogP contribution in [-0.4, -0.2) is 74.7 Å². The molecular formula is C19H29N3O3S. The van der Waals surface area contributed by atoms with Gasteiger partial charge in [0.2, 0.25) is 10.0 Å². The summed E-state index contributed by atoms with van der Waals surface area (Å²) in [6.45, 7) is 5.74. The fourth-order valence-corrected chi connectivity index (χ4v) is 5.31. The van der Waals surface area contributed by atoms with Crippen molar-refractivity contribution in [3.05, 3.63) is 29.3 Å². The largest absolute Gasteiger partial charge is 0.339 e. The topological polar surface area (TPSA) is 60.9 Å². The van der Waals surface area contributed by atoms with E-state index in [9.17, 15) is 13.2 Å². The Morgan fingerprint density at radius 3 is 2.15 bits per heavy atom. The number of amides is 1. The first-order valence-corrected chi connectivity index (χ1v) is 10.9. The zero-order valence-corrected chi connectivity index (χ0v) is 16.6. The molecule has 1 amide bonds. The zero-order chi connectivity index (χ0) is 18.7. The molecule has 2 saturated heterocycles. The molecule has 2 fully saturated rings. The van der Waals surface area contributed by atoms with E-state index >= 15 is 0 Å². The van der Waals surface area contributed by atoms with Gasteiger partial charge in [0.05, 0.1) is 4.90 Å². The van der Waals surface area contributed by atoms with Gasteiger partial charge in [-0.15, -0.1) is 0 Å². The number of hydrogen-bond acceptors (Lipinski definition) is 4. The van der Waals surface area contributed by atoms with Crippen LogP contribution < -0.4 is 0 Å². The second-order valence-corrected chi connectivity index (χ2v) is 9.30. The highest BCUT2D eigenvalue weighted by atomic mass is 32.2. The fraction of sp³-hybridized carbons (Fsp3) is 0.632. The van der Waals surface area contributed by atoms with Crippen molar-refractivity contribution in [3.8, 4) is 0 Å². The maximum atomic E-state index is 13.1. The van der Waals surface area contributed by atoms with Crippen LogP contribution in [0.4, 0.5) is 0 Å². The highest BCUT2D eigenvalue weighted by Crippen LogP contribution is 2.24. The van der Waals surface area contributed by atoms with Gasteiger partial charge in [0, 0.05) is 44.8 Å². The van der Waals surface area contributed by atoms with Gasteiger partial charge in [0.15, 0.2) is 0 Å². The van der Waals surface area contributed by atoms with Gasteiger partial charge < -0.3 is 9.80 Å². The van der Waals surface area contributed by atoms with Crippen molar-refractivity contribution in [3.63, 3.8) is 0 Å². The molecule has 0 radical (unpaired) electrons. The van der Waals surface area contributed by atoms with Crippen molar-refractivity contribution in [1.82, 2.24) is 14.1 Å². The standard InChI is InChI=1S/C19H29N3O3S/c1-16-7-8-17(19(23)21-9-5-3-4-6-10-21)15-18(16)26(24,25)22-13-11-20(2)12-14-22/h7-8,15H,3-6,9-14H2,1-2H3. The lowest BCUT2D eigenvalue weighted by molar-refractivity contribution is 0.0761. The molecule has 0 unspecified atom stereocenters. The summed E-state index contributed by atoms with van der Waals surface area (Å²) in [6, 6.07) is 5.09. The number of rotatable bonds is 3. The molecule has 26 heavy (non-hydrogen) atoms. The van der Waals surface area contributed by atoms with E-state index in [1.54, 1.807) is 25.1 Å². The van der Waals surface area contributed by atoms with Crippen molar-refractivity contribution in [2.24, 2.45) is 0 Å². The van der Waals surface area contributed by atoms with Gasteiger partial charge in [0.1, 0.15) is 0 Å². The van der Waals surface area contributed by atoms with Crippen LogP contribution in [0.5, 0.6) is 0 Å². The van der Waals surface area contributed by atoms with Crippen LogP contribution in [-0.2, 0) is 10.0 Å². The predicted molar refractivity (Wildman–Crippen MR) is 102 cm³/mol. The highest BCUT2D eigenvalue weighted by Gasteiger charge is 2.29. The van der Waals surface area contributed by atoms with E-state index in [1.165, 1.54) is 4.31 Å². The Bertz CT molecular complexity index is 747. The minimum absolute atomic E-state index is 0.0540. The van der Waals surface area contributed by atoms with Gasteiger partial charge >= 0.3 is 0 Å². The molecule has 2 heterocycles. The van der Waals surface area contributed by atoms with Crippen LogP contribution in [0, 0.1) is 6.92 Å². The molecule has 1 aromatic carbocycles. The maximum absolute atomic E-state index is 13.1. The van der Waals surface area contributed by atoms with Crippen molar-refractivity contribution in [2.45, 2.75) is 37.5 Å². The van der Waals surface area contributed by atoms with Crippen LogP contribution in [0.15, 0.2) is 23.1 Å². The van der Waals surface area contributed by atoms with E-state index in [-0.39, 0.29) is 10.8 Å². The van der Waals surface area contributed by atoms with Gasteiger partial charge in [-0.25, -0.2) is 8.42 Å². The monoisotopic (exact) mass is 379 g/mol. The second-order valence-electron chi connectivity index (χ2n) is 7.39. The number of piperazine rings is 1. The number of likely N-dealkylation sites (N-methyl/N-ethyl adjacent to an activating group) is 1. The Morgan fingerprint density at radius 1 is 0.923 bits per heavy atom. The summed E-state index contributed by atoms with van der Waals surface area (Å²) in [5, 5.41) is 0. The molecule has 0 aromatic heterocycles. The molecule has 0 aliphatic carbocycles. The summed E-state index contributed by atoms with van der Waals surface area (Å²) in [7, 11) is -1.58. The number of aryl methyl sites for hydroxylation is 1. The number of carbonyl (C=O) groups excluding carboxylic acids is 1. The van der Waals surface area contributed by atoms with E-state index in [4.69, 9.17) is 0 Å². The first-order chi connectivity index (χ1) is 12.4. The van der Waals surface area contributed by atoms with Crippen LogP contribution >= 0.6 is 0 Å². The Morgan fingerprint density at radius 2 is 1.54 bits per heavy atom. The van der Waals surface area contributed by atoms with Gasteiger partial charge in [-0.05, 0) is 44.5 Å². The first-order valence-electron chi connectivity index (χ1n) is 9.48. The molecule has 6 nitrogen and oxygen atoms in total. The SMILES string of the molecule is Cc1ccc(C(=O)N2CCCCCC2)cc1S(=O)(=O)N1CCN(C)CC1. The molecule has 0 atom stereocenters. The predicted octanol–water partition coefficient (Wildman–Crippen LogP) is 1.95. The normalized spacial score (nSPS) is 20.8. The number of likely N-dealkylation sites (tertiary alicyclic amines) is 1. The van der Waals surface area contributed by atoms with E-state index in [0.717, 1.165) is 51.9 Å². The van der Waals surface area contributed by atoms with Crippen molar-refractivity contribution in [2.75, 3.05) is 46.3 Å². The summed E-state index contributed by atoms with van der Waals surface area (Å²) >= 11 is 0.